The Morgan fingerprint density at radius 2 is 1.77 bits per heavy atom. The highest BCUT2D eigenvalue weighted by molar-refractivity contribution is 6.01. The molecule has 11 heteroatoms. The number of hydrogen-bond donors (Lipinski definition) is 2. The molecule has 210 valence electrons. The Labute approximate surface area is 231 Å². The summed E-state index contributed by atoms with van der Waals surface area (Å²) in [4.78, 5) is 30.6. The first-order chi connectivity index (χ1) is 19.2. The summed E-state index contributed by atoms with van der Waals surface area (Å²) in [6.07, 6.45) is 1.21. The molecule has 0 aliphatic carbocycles. The number of fused-ring (bicyclic) bond motifs is 1. The number of hydrogen-bond acceptors (Lipinski definition) is 7. The fourth-order valence-corrected chi connectivity index (χ4v) is 4.82. The van der Waals surface area contributed by atoms with Crippen molar-refractivity contribution in [2.45, 2.75) is 20.4 Å². The summed E-state index contributed by atoms with van der Waals surface area (Å²) in [5.74, 6) is -2.29. The molecule has 0 radical (unpaired) electrons. The van der Waals surface area contributed by atoms with E-state index in [4.69, 9.17) is 4.74 Å². The van der Waals surface area contributed by atoms with Gasteiger partial charge in [0.25, 0.3) is 5.91 Å². The smallest absolute Gasteiger partial charge is 0.262 e. The summed E-state index contributed by atoms with van der Waals surface area (Å²) in [5.41, 5.74) is 2.53. The van der Waals surface area contributed by atoms with Crippen molar-refractivity contribution in [2.75, 3.05) is 52.1 Å². The third-order valence-electron chi connectivity index (χ3n) is 7.08. The second-order valence-electron chi connectivity index (χ2n) is 10.1. The number of H-pyrrole nitrogens is 1. The molecule has 0 saturated carbocycles. The van der Waals surface area contributed by atoms with Crippen molar-refractivity contribution in [1.82, 2.24) is 29.7 Å². The lowest BCUT2D eigenvalue weighted by molar-refractivity contribution is 0.0825. The predicted molar refractivity (Wildman–Crippen MR) is 150 cm³/mol. The van der Waals surface area contributed by atoms with Crippen LogP contribution >= 0.6 is 0 Å². The number of aryl methyl sites for hydroxylation is 1. The van der Waals surface area contributed by atoms with Gasteiger partial charge in [0.2, 0.25) is 5.88 Å². The van der Waals surface area contributed by atoms with Gasteiger partial charge in [-0.05, 0) is 37.2 Å². The second kappa shape index (κ2) is 11.6. The number of aromatic nitrogens is 3. The van der Waals surface area contributed by atoms with Gasteiger partial charge in [-0.3, -0.25) is 9.69 Å². The van der Waals surface area contributed by atoms with Crippen LogP contribution < -0.4 is 10.1 Å². The Hall–Kier alpha value is -4.09. The number of piperazine rings is 1. The number of nitrogens with one attached hydrogen (secondary N) is 2. The first-order valence-electron chi connectivity index (χ1n) is 13.3. The van der Waals surface area contributed by atoms with E-state index in [2.05, 4.69) is 37.0 Å². The maximum absolute atomic E-state index is 15.3. The van der Waals surface area contributed by atoms with Gasteiger partial charge in [0.05, 0.1) is 5.52 Å². The number of amides is 1. The maximum Gasteiger partial charge on any atom is 0.262 e. The van der Waals surface area contributed by atoms with E-state index in [1.165, 1.54) is 22.9 Å². The van der Waals surface area contributed by atoms with Gasteiger partial charge in [-0.15, -0.1) is 0 Å². The first-order valence-corrected chi connectivity index (χ1v) is 13.3. The summed E-state index contributed by atoms with van der Waals surface area (Å²) in [7, 11) is 3.15. The molecule has 1 aliphatic rings. The molecule has 4 aromatic rings. The minimum absolute atomic E-state index is 0.00414. The van der Waals surface area contributed by atoms with Crippen LogP contribution in [0.4, 0.5) is 20.3 Å². The molecule has 2 aromatic carbocycles. The van der Waals surface area contributed by atoms with Crippen LogP contribution in [0.15, 0.2) is 42.7 Å². The standard InChI is InChI=1S/C29H33F2N7O2/c1-5-37-10-12-38(13-11-37)16-19-6-8-20(9-7-19)35-27-24(29(39)36(3)4)28(33-17-32-27)40-23-15-22(30)26-21(25(23)31)14-18(2)34-26/h6-9,14-15,17,34H,5,10-13,16H2,1-4H3,(H,32,33,35). The SMILES string of the molecule is CCN1CCN(Cc2ccc(Nc3ncnc(Oc4cc(F)c5[nH]c(C)cc5c4F)c3C(=O)N(C)C)cc2)CC1. The van der Waals surface area contributed by atoms with Crippen molar-refractivity contribution in [1.29, 1.82) is 0 Å². The van der Waals surface area contributed by atoms with Crippen LogP contribution in [0.3, 0.4) is 0 Å². The Balaban J connectivity index is 1.39. The Morgan fingerprint density at radius 1 is 1.07 bits per heavy atom. The maximum atomic E-state index is 15.3. The van der Waals surface area contributed by atoms with Crippen molar-refractivity contribution in [3.63, 3.8) is 0 Å². The van der Waals surface area contributed by atoms with Crippen LogP contribution in [-0.4, -0.2) is 82.4 Å². The van der Waals surface area contributed by atoms with E-state index in [1.807, 2.05) is 24.3 Å². The largest absolute Gasteiger partial charge is 0.435 e. The molecule has 1 fully saturated rings. The lowest BCUT2D eigenvalue weighted by Gasteiger charge is -2.34. The van der Waals surface area contributed by atoms with Crippen LogP contribution in [0.5, 0.6) is 11.6 Å². The molecule has 0 unspecified atom stereocenters. The molecule has 0 spiro atoms. The highest BCUT2D eigenvalue weighted by atomic mass is 19.1. The summed E-state index contributed by atoms with van der Waals surface area (Å²) >= 11 is 0. The monoisotopic (exact) mass is 549 g/mol. The molecular formula is C29H33F2N7O2. The molecule has 9 nitrogen and oxygen atoms in total. The molecule has 2 N–H and O–H groups in total. The molecule has 1 saturated heterocycles. The highest BCUT2D eigenvalue weighted by Gasteiger charge is 2.25. The Bertz CT molecular complexity index is 1510. The summed E-state index contributed by atoms with van der Waals surface area (Å²) < 4.78 is 35.7. The predicted octanol–water partition coefficient (Wildman–Crippen LogP) is 4.92. The number of aromatic amines is 1. The number of likely N-dealkylation sites (N-methyl/N-ethyl adjacent to an activating group) is 1. The third kappa shape index (κ3) is 5.75. The second-order valence-corrected chi connectivity index (χ2v) is 10.1. The summed E-state index contributed by atoms with van der Waals surface area (Å²) in [6.45, 7) is 10.1. The van der Waals surface area contributed by atoms with Gasteiger partial charge >= 0.3 is 0 Å². The number of nitrogens with zero attached hydrogens (tertiary/aromatic N) is 5. The molecule has 40 heavy (non-hydrogen) atoms. The van der Waals surface area contributed by atoms with Gasteiger partial charge < -0.3 is 24.8 Å². The van der Waals surface area contributed by atoms with Crippen molar-refractivity contribution in [2.24, 2.45) is 0 Å². The topological polar surface area (TPSA) is 89.6 Å². The molecule has 0 atom stereocenters. The van der Waals surface area contributed by atoms with E-state index >= 15 is 4.39 Å². The number of ether oxygens (including phenoxy) is 1. The number of rotatable bonds is 8. The number of carbonyl (C=O) groups excluding carboxylic acids is 1. The molecule has 5 rings (SSSR count). The minimum atomic E-state index is -0.760. The normalized spacial score (nSPS) is 14.4. The van der Waals surface area contributed by atoms with E-state index in [1.54, 1.807) is 21.0 Å². The van der Waals surface area contributed by atoms with Crippen LogP contribution in [0, 0.1) is 18.6 Å². The van der Waals surface area contributed by atoms with Crippen molar-refractivity contribution in [3.05, 3.63) is 71.2 Å². The molecular weight excluding hydrogens is 516 g/mol. The Morgan fingerprint density at radius 3 is 2.45 bits per heavy atom. The average Bonchev–Trinajstić information content (AvgIpc) is 3.35. The zero-order valence-electron chi connectivity index (χ0n) is 23.1. The van der Waals surface area contributed by atoms with Gasteiger partial charge in [-0.25, -0.2) is 18.7 Å². The van der Waals surface area contributed by atoms with Gasteiger partial charge in [0, 0.05) is 69.7 Å². The van der Waals surface area contributed by atoms with E-state index in [9.17, 15) is 9.18 Å². The van der Waals surface area contributed by atoms with Crippen LogP contribution in [0.25, 0.3) is 10.9 Å². The summed E-state index contributed by atoms with van der Waals surface area (Å²) in [5, 5.41) is 3.21. The Kier molecular flexibility index (Phi) is 7.95. The van der Waals surface area contributed by atoms with E-state index < -0.39 is 17.5 Å². The number of carbonyl (C=O) groups is 1. The van der Waals surface area contributed by atoms with Crippen molar-refractivity contribution < 1.29 is 18.3 Å². The number of benzene rings is 2. The quantitative estimate of drug-likeness (QED) is 0.323. The van der Waals surface area contributed by atoms with Crippen molar-refractivity contribution >= 4 is 28.3 Å². The van der Waals surface area contributed by atoms with Crippen LogP contribution in [0.1, 0.15) is 28.5 Å². The van der Waals surface area contributed by atoms with Gasteiger partial charge in [0.15, 0.2) is 23.2 Å². The number of halogens is 2. The molecule has 3 heterocycles. The highest BCUT2D eigenvalue weighted by Crippen LogP contribution is 2.35. The van der Waals surface area contributed by atoms with Gasteiger partial charge in [-0.1, -0.05) is 19.1 Å². The van der Waals surface area contributed by atoms with E-state index in [0.29, 0.717) is 11.4 Å². The molecule has 2 aromatic heterocycles. The van der Waals surface area contributed by atoms with Crippen LogP contribution in [0.2, 0.25) is 0 Å². The lowest BCUT2D eigenvalue weighted by Crippen LogP contribution is -2.45. The fraction of sp³-hybridized carbons (Fsp3) is 0.345. The summed E-state index contributed by atoms with van der Waals surface area (Å²) in [6, 6.07) is 10.3. The minimum Gasteiger partial charge on any atom is -0.435 e. The van der Waals surface area contributed by atoms with Crippen LogP contribution in [-0.2, 0) is 6.54 Å². The molecule has 1 amide bonds. The average molecular weight is 550 g/mol. The van der Waals surface area contributed by atoms with E-state index in [-0.39, 0.29) is 33.9 Å². The number of anilines is 2. The molecule has 1 aliphatic heterocycles. The van der Waals surface area contributed by atoms with Gasteiger partial charge in [-0.2, -0.15) is 0 Å². The van der Waals surface area contributed by atoms with Gasteiger partial charge in [0.1, 0.15) is 11.9 Å². The fourth-order valence-electron chi connectivity index (χ4n) is 4.82. The third-order valence-corrected chi connectivity index (χ3v) is 7.08. The van der Waals surface area contributed by atoms with Crippen molar-refractivity contribution in [3.8, 4) is 11.6 Å². The zero-order chi connectivity index (χ0) is 28.4. The first kappa shape index (κ1) is 27.5. The molecule has 0 bridgehead atoms. The lowest BCUT2D eigenvalue weighted by atomic mass is 10.1. The zero-order valence-corrected chi connectivity index (χ0v) is 23.1. The van der Waals surface area contributed by atoms with E-state index in [0.717, 1.165) is 45.3 Å².